The van der Waals surface area contributed by atoms with Gasteiger partial charge in [0.2, 0.25) is 0 Å². The van der Waals surface area contributed by atoms with Crippen molar-refractivity contribution in [1.29, 1.82) is 0 Å². The Morgan fingerprint density at radius 3 is 2.88 bits per heavy atom. The van der Waals surface area contributed by atoms with Gasteiger partial charge in [-0.05, 0) is 12.1 Å². The van der Waals surface area contributed by atoms with Crippen molar-refractivity contribution in [2.75, 3.05) is 31.8 Å². The van der Waals surface area contributed by atoms with Gasteiger partial charge < -0.3 is 14.5 Å². The Morgan fingerprint density at radius 1 is 1.44 bits per heavy atom. The number of nitrogens with one attached hydrogen (secondary N) is 1. The summed E-state index contributed by atoms with van der Waals surface area (Å²) in [6, 6.07) is 3.72. The van der Waals surface area contributed by atoms with Crippen LogP contribution in [0, 0.1) is 0 Å². The monoisotopic (exact) mass is 247 g/mol. The molecular weight excluding hydrogens is 230 g/mol. The van der Waals surface area contributed by atoms with Crippen LogP contribution in [0.2, 0.25) is 0 Å². The molecule has 0 saturated heterocycles. The molecule has 0 saturated carbocycles. The highest BCUT2D eigenvalue weighted by molar-refractivity contribution is 7.90. The minimum Gasteiger partial charge on any atom is -0.468 e. The average Bonchev–Trinajstić information content (AvgIpc) is 2.67. The second-order valence-corrected chi connectivity index (χ2v) is 5.76. The fraction of sp³-hybridized carbons (Fsp3) is 0.600. The Balaban J connectivity index is 1.93. The fourth-order valence-corrected chi connectivity index (χ4v) is 1.50. The Hall–Kier alpha value is -0.850. The van der Waals surface area contributed by atoms with E-state index in [-0.39, 0.29) is 12.4 Å². The molecule has 0 atom stereocenters. The van der Waals surface area contributed by atoms with Crippen molar-refractivity contribution < 1.29 is 17.6 Å². The zero-order chi connectivity index (χ0) is 11.9. The zero-order valence-corrected chi connectivity index (χ0v) is 10.1. The normalized spacial score (nSPS) is 11.8. The fourth-order valence-electron chi connectivity index (χ4n) is 1.08. The Kier molecular flexibility index (Phi) is 5.51. The molecular formula is C10H17NO4S. The molecule has 0 amide bonds. The van der Waals surface area contributed by atoms with Crippen molar-refractivity contribution in [3.05, 3.63) is 24.2 Å². The van der Waals surface area contributed by atoms with Crippen molar-refractivity contribution >= 4 is 9.84 Å². The van der Waals surface area contributed by atoms with E-state index in [1.807, 2.05) is 12.1 Å². The van der Waals surface area contributed by atoms with Gasteiger partial charge in [-0.15, -0.1) is 0 Å². The maximum Gasteiger partial charge on any atom is 0.149 e. The van der Waals surface area contributed by atoms with E-state index in [4.69, 9.17) is 9.15 Å². The second kappa shape index (κ2) is 6.67. The van der Waals surface area contributed by atoms with Crippen LogP contribution in [-0.2, 0) is 21.1 Å². The highest BCUT2D eigenvalue weighted by Crippen LogP contribution is 1.97. The topological polar surface area (TPSA) is 68.5 Å². The van der Waals surface area contributed by atoms with Crippen LogP contribution in [0.4, 0.5) is 0 Å². The van der Waals surface area contributed by atoms with E-state index in [9.17, 15) is 8.42 Å². The summed E-state index contributed by atoms with van der Waals surface area (Å²) in [7, 11) is -2.91. The van der Waals surface area contributed by atoms with Gasteiger partial charge in [0.25, 0.3) is 0 Å². The lowest BCUT2D eigenvalue weighted by Gasteiger charge is -2.04. The summed E-state index contributed by atoms with van der Waals surface area (Å²) in [6.07, 6.45) is 2.82. The molecule has 1 aromatic rings. The molecule has 0 aliphatic carbocycles. The Bertz CT molecular complexity index is 372. The largest absolute Gasteiger partial charge is 0.468 e. The number of hydrogen-bond donors (Lipinski definition) is 1. The highest BCUT2D eigenvalue weighted by Gasteiger charge is 2.00. The molecule has 1 aromatic heterocycles. The molecule has 6 heteroatoms. The third kappa shape index (κ3) is 6.60. The first-order chi connectivity index (χ1) is 7.58. The number of hydrogen-bond acceptors (Lipinski definition) is 5. The van der Waals surface area contributed by atoms with E-state index >= 15 is 0 Å². The highest BCUT2D eigenvalue weighted by atomic mass is 32.2. The minimum absolute atomic E-state index is 0.0746. The van der Waals surface area contributed by atoms with Crippen LogP contribution in [-0.4, -0.2) is 40.2 Å². The van der Waals surface area contributed by atoms with Crippen LogP contribution in [0.15, 0.2) is 22.8 Å². The Morgan fingerprint density at radius 2 is 2.25 bits per heavy atom. The van der Waals surface area contributed by atoms with Gasteiger partial charge >= 0.3 is 0 Å². The standard InChI is InChI=1S/C10H17NO4S/c1-16(12,13)8-7-14-6-4-11-9-10-3-2-5-15-10/h2-3,5,11H,4,6-9H2,1H3. The van der Waals surface area contributed by atoms with Crippen molar-refractivity contribution in [3.63, 3.8) is 0 Å². The first-order valence-electron chi connectivity index (χ1n) is 5.06. The molecule has 16 heavy (non-hydrogen) atoms. The van der Waals surface area contributed by atoms with Gasteiger partial charge in [0.15, 0.2) is 0 Å². The van der Waals surface area contributed by atoms with E-state index in [0.717, 1.165) is 5.76 Å². The third-order valence-corrected chi connectivity index (χ3v) is 2.81. The van der Waals surface area contributed by atoms with E-state index < -0.39 is 9.84 Å². The molecule has 0 unspecified atom stereocenters. The molecule has 0 spiro atoms. The SMILES string of the molecule is CS(=O)(=O)CCOCCNCc1ccco1. The summed E-state index contributed by atoms with van der Waals surface area (Å²) >= 11 is 0. The quantitative estimate of drug-likeness (QED) is 0.675. The molecule has 0 radical (unpaired) electrons. The van der Waals surface area contributed by atoms with Gasteiger partial charge in [-0.3, -0.25) is 0 Å². The number of furan rings is 1. The first-order valence-corrected chi connectivity index (χ1v) is 7.12. The molecule has 0 aliphatic heterocycles. The van der Waals surface area contributed by atoms with E-state index in [2.05, 4.69) is 5.32 Å². The van der Waals surface area contributed by atoms with E-state index in [1.54, 1.807) is 6.26 Å². The summed E-state index contributed by atoms with van der Waals surface area (Å²) < 4.78 is 31.8. The molecule has 0 fully saturated rings. The molecule has 0 aromatic carbocycles. The molecule has 1 heterocycles. The number of ether oxygens (including phenoxy) is 1. The van der Waals surface area contributed by atoms with Gasteiger partial charge in [-0.1, -0.05) is 0 Å². The first kappa shape index (κ1) is 13.2. The summed E-state index contributed by atoms with van der Waals surface area (Å²) in [6.45, 7) is 2.07. The lowest BCUT2D eigenvalue weighted by molar-refractivity contribution is 0.150. The molecule has 1 N–H and O–H groups in total. The lowest BCUT2D eigenvalue weighted by atomic mass is 10.4. The lowest BCUT2D eigenvalue weighted by Crippen LogP contribution is -2.20. The predicted molar refractivity (Wildman–Crippen MR) is 60.9 cm³/mol. The van der Waals surface area contributed by atoms with Crippen LogP contribution in [0.1, 0.15) is 5.76 Å². The van der Waals surface area contributed by atoms with Gasteiger partial charge in [-0.2, -0.15) is 0 Å². The summed E-state index contributed by atoms with van der Waals surface area (Å²) in [5, 5.41) is 3.12. The van der Waals surface area contributed by atoms with Crippen molar-refractivity contribution in [2.24, 2.45) is 0 Å². The third-order valence-electron chi connectivity index (χ3n) is 1.90. The van der Waals surface area contributed by atoms with Gasteiger partial charge in [0.05, 0.1) is 31.8 Å². The Labute approximate surface area is 95.7 Å². The second-order valence-electron chi connectivity index (χ2n) is 3.50. The summed E-state index contributed by atoms with van der Waals surface area (Å²) in [4.78, 5) is 0. The van der Waals surface area contributed by atoms with Crippen molar-refractivity contribution in [3.8, 4) is 0 Å². The van der Waals surface area contributed by atoms with E-state index in [0.29, 0.717) is 19.7 Å². The summed E-state index contributed by atoms with van der Waals surface area (Å²) in [5.41, 5.74) is 0. The van der Waals surface area contributed by atoms with Gasteiger partial charge in [-0.25, -0.2) is 8.42 Å². The van der Waals surface area contributed by atoms with Crippen LogP contribution >= 0.6 is 0 Å². The number of rotatable bonds is 8. The minimum atomic E-state index is -2.91. The maximum atomic E-state index is 10.8. The molecule has 0 aliphatic rings. The molecule has 5 nitrogen and oxygen atoms in total. The van der Waals surface area contributed by atoms with Crippen molar-refractivity contribution in [2.45, 2.75) is 6.54 Å². The average molecular weight is 247 g/mol. The molecule has 1 rings (SSSR count). The molecule has 0 bridgehead atoms. The molecule has 92 valence electrons. The zero-order valence-electron chi connectivity index (χ0n) is 9.31. The van der Waals surface area contributed by atoms with E-state index in [1.165, 1.54) is 6.26 Å². The van der Waals surface area contributed by atoms with Crippen molar-refractivity contribution in [1.82, 2.24) is 5.32 Å². The van der Waals surface area contributed by atoms with Gasteiger partial charge in [0.1, 0.15) is 15.6 Å². The van der Waals surface area contributed by atoms with Crippen LogP contribution in [0.3, 0.4) is 0 Å². The summed E-state index contributed by atoms with van der Waals surface area (Å²) in [5.74, 6) is 0.946. The maximum absolute atomic E-state index is 10.8. The number of sulfone groups is 1. The van der Waals surface area contributed by atoms with Crippen LogP contribution in [0.5, 0.6) is 0 Å². The van der Waals surface area contributed by atoms with Crippen LogP contribution in [0.25, 0.3) is 0 Å². The smallest absolute Gasteiger partial charge is 0.149 e. The predicted octanol–water partition coefficient (Wildman–Crippen LogP) is 0.430. The van der Waals surface area contributed by atoms with Crippen LogP contribution < -0.4 is 5.32 Å². The van der Waals surface area contributed by atoms with Gasteiger partial charge in [0, 0.05) is 12.8 Å².